The number of hydrogen-bond acceptors (Lipinski definition) is 6. The lowest BCUT2D eigenvalue weighted by Gasteiger charge is -2.31. The van der Waals surface area contributed by atoms with Crippen molar-refractivity contribution < 1.29 is 14.3 Å². The van der Waals surface area contributed by atoms with E-state index in [2.05, 4.69) is 32.8 Å². The Morgan fingerprint density at radius 1 is 0.972 bits per heavy atom. The molecule has 5 rings (SSSR count). The first-order chi connectivity index (χ1) is 17.6. The Bertz CT molecular complexity index is 1370. The van der Waals surface area contributed by atoms with Crippen LogP contribution in [0.25, 0.3) is 6.08 Å². The Kier molecular flexibility index (Phi) is 6.66. The largest absolute Gasteiger partial charge is 0.497 e. The zero-order valence-corrected chi connectivity index (χ0v) is 20.1. The molecule has 3 aromatic carbocycles. The zero-order chi connectivity index (χ0) is 24.9. The molecule has 2 unspecified atom stereocenters. The maximum atomic E-state index is 12.6. The molecule has 0 aliphatic carbocycles. The van der Waals surface area contributed by atoms with E-state index in [1.165, 1.54) is 6.08 Å². The van der Waals surface area contributed by atoms with E-state index in [1.807, 2.05) is 71.4 Å². The van der Waals surface area contributed by atoms with Crippen LogP contribution in [0.15, 0.2) is 84.9 Å². The number of para-hydroxylation sites is 1. The lowest BCUT2D eigenvalue weighted by molar-refractivity contribution is -0.111. The molecule has 36 heavy (non-hydrogen) atoms. The van der Waals surface area contributed by atoms with E-state index in [0.717, 1.165) is 28.9 Å². The van der Waals surface area contributed by atoms with Gasteiger partial charge in [0.1, 0.15) is 11.5 Å². The summed E-state index contributed by atoms with van der Waals surface area (Å²) in [5.74, 6) is 1.99. The maximum Gasteiger partial charge on any atom is 0.250 e. The molecule has 0 bridgehead atoms. The van der Waals surface area contributed by atoms with Crippen LogP contribution in [-0.4, -0.2) is 34.9 Å². The Labute approximate surface area is 209 Å². The summed E-state index contributed by atoms with van der Waals surface area (Å²) in [7, 11) is 3.25. The lowest BCUT2D eigenvalue weighted by Crippen LogP contribution is -2.28. The topological polar surface area (TPSA) is 90.3 Å². The monoisotopic (exact) mass is 481 g/mol. The van der Waals surface area contributed by atoms with Crippen LogP contribution in [0.3, 0.4) is 0 Å². The van der Waals surface area contributed by atoms with Crippen molar-refractivity contribution in [1.29, 1.82) is 0 Å². The van der Waals surface area contributed by atoms with E-state index in [9.17, 15) is 4.79 Å². The van der Waals surface area contributed by atoms with Crippen molar-refractivity contribution in [2.24, 2.45) is 0 Å². The van der Waals surface area contributed by atoms with E-state index >= 15 is 0 Å². The molecule has 0 radical (unpaired) electrons. The Hall–Kier alpha value is -4.59. The number of nitrogens with one attached hydrogen (secondary N) is 2. The molecule has 0 spiro atoms. The molecular formula is C28H27N5O3. The van der Waals surface area contributed by atoms with E-state index < -0.39 is 0 Å². The van der Waals surface area contributed by atoms with Gasteiger partial charge in [-0.3, -0.25) is 10.1 Å². The van der Waals surface area contributed by atoms with Crippen molar-refractivity contribution in [3.8, 4) is 11.5 Å². The van der Waals surface area contributed by atoms with Crippen LogP contribution in [0.1, 0.15) is 35.2 Å². The summed E-state index contributed by atoms with van der Waals surface area (Å²) in [5, 5.41) is 10.9. The van der Waals surface area contributed by atoms with Crippen LogP contribution >= 0.6 is 0 Å². The van der Waals surface area contributed by atoms with Crippen molar-refractivity contribution in [3.05, 3.63) is 102 Å². The zero-order valence-electron chi connectivity index (χ0n) is 20.1. The van der Waals surface area contributed by atoms with Crippen molar-refractivity contribution >= 4 is 23.9 Å². The fourth-order valence-corrected chi connectivity index (χ4v) is 4.36. The Morgan fingerprint density at radius 2 is 1.72 bits per heavy atom. The van der Waals surface area contributed by atoms with Crippen LogP contribution in [0, 0.1) is 0 Å². The number of ether oxygens (including phenoxy) is 2. The van der Waals surface area contributed by atoms with Gasteiger partial charge in [-0.05, 0) is 41.8 Å². The molecule has 1 aliphatic rings. The number of anilines is 2. The molecule has 1 aromatic heterocycles. The fourth-order valence-electron chi connectivity index (χ4n) is 4.36. The first-order valence-electron chi connectivity index (χ1n) is 11.7. The second-order valence-electron chi connectivity index (χ2n) is 8.40. The maximum absolute atomic E-state index is 12.6. The number of carbonyl (C=O) groups is 1. The minimum absolute atomic E-state index is 0.0454. The number of hydrogen-bond donors (Lipinski definition) is 2. The first kappa shape index (κ1) is 23.2. The summed E-state index contributed by atoms with van der Waals surface area (Å²) in [5.41, 5.74) is 3.05. The SMILES string of the molecule is COc1ccc(C2CC(c3ccccc3)Nc3nc(NC(=O)/C=C/c4ccccc4OC)nn32)cc1. The third-order valence-corrected chi connectivity index (χ3v) is 6.18. The second-order valence-corrected chi connectivity index (χ2v) is 8.40. The predicted octanol–water partition coefficient (Wildman–Crippen LogP) is 5.09. The first-order valence-corrected chi connectivity index (χ1v) is 11.7. The molecule has 0 saturated carbocycles. The van der Waals surface area contributed by atoms with E-state index in [-0.39, 0.29) is 23.9 Å². The second kappa shape index (κ2) is 10.4. The average molecular weight is 482 g/mol. The van der Waals surface area contributed by atoms with Gasteiger partial charge in [-0.2, -0.15) is 4.98 Å². The van der Waals surface area contributed by atoms with Crippen molar-refractivity contribution in [2.75, 3.05) is 24.9 Å². The van der Waals surface area contributed by atoms with Gasteiger partial charge in [0, 0.05) is 11.6 Å². The molecule has 0 fully saturated rings. The highest BCUT2D eigenvalue weighted by molar-refractivity contribution is 6.01. The molecule has 0 saturated heterocycles. The van der Waals surface area contributed by atoms with Crippen LogP contribution in [0.2, 0.25) is 0 Å². The summed E-state index contributed by atoms with van der Waals surface area (Å²) < 4.78 is 12.5. The molecule has 4 aromatic rings. The Balaban J connectivity index is 1.41. The minimum atomic E-state index is -0.329. The van der Waals surface area contributed by atoms with Crippen LogP contribution < -0.4 is 20.1 Å². The number of amides is 1. The van der Waals surface area contributed by atoms with Gasteiger partial charge in [0.2, 0.25) is 5.95 Å². The highest BCUT2D eigenvalue weighted by atomic mass is 16.5. The number of nitrogens with zero attached hydrogens (tertiary/aromatic N) is 3. The van der Waals surface area contributed by atoms with Crippen molar-refractivity contribution in [1.82, 2.24) is 14.8 Å². The Morgan fingerprint density at radius 3 is 2.47 bits per heavy atom. The highest BCUT2D eigenvalue weighted by Crippen LogP contribution is 2.38. The van der Waals surface area contributed by atoms with Crippen LogP contribution in [0.5, 0.6) is 11.5 Å². The highest BCUT2D eigenvalue weighted by Gasteiger charge is 2.31. The minimum Gasteiger partial charge on any atom is -0.497 e. The van der Waals surface area contributed by atoms with Gasteiger partial charge < -0.3 is 14.8 Å². The van der Waals surface area contributed by atoms with E-state index in [4.69, 9.17) is 9.47 Å². The van der Waals surface area contributed by atoms with Gasteiger partial charge in [0.15, 0.2) is 0 Å². The number of benzene rings is 3. The van der Waals surface area contributed by atoms with Gasteiger partial charge in [-0.1, -0.05) is 60.7 Å². The van der Waals surface area contributed by atoms with Crippen LogP contribution in [-0.2, 0) is 4.79 Å². The predicted molar refractivity (Wildman–Crippen MR) is 139 cm³/mol. The van der Waals surface area contributed by atoms with E-state index in [1.54, 1.807) is 20.3 Å². The summed E-state index contributed by atoms with van der Waals surface area (Å²) in [4.78, 5) is 17.2. The molecule has 2 N–H and O–H groups in total. The molecule has 2 atom stereocenters. The third kappa shape index (κ3) is 4.93. The van der Waals surface area contributed by atoms with Crippen molar-refractivity contribution in [3.63, 3.8) is 0 Å². The fraction of sp³-hybridized carbons (Fsp3) is 0.179. The molecule has 1 amide bonds. The smallest absolute Gasteiger partial charge is 0.250 e. The third-order valence-electron chi connectivity index (χ3n) is 6.18. The standard InChI is InChI=1S/C28H27N5O3/c1-35-22-15-12-20(13-16-22)24-18-23(19-8-4-3-5-9-19)29-28-31-27(32-33(24)28)30-26(34)17-14-21-10-6-7-11-25(21)36-2/h3-17,23-24H,18H2,1-2H3,(H2,29,30,31,32,34)/b17-14+. The number of carbonyl (C=O) groups excluding carboxylic acids is 1. The van der Waals surface area contributed by atoms with Crippen molar-refractivity contribution in [2.45, 2.75) is 18.5 Å². The molecule has 1 aliphatic heterocycles. The average Bonchev–Trinajstić information content (AvgIpc) is 3.34. The van der Waals surface area contributed by atoms with E-state index in [0.29, 0.717) is 11.7 Å². The molecule has 2 heterocycles. The van der Waals surface area contributed by atoms with Gasteiger partial charge in [0.05, 0.1) is 26.3 Å². The summed E-state index contributed by atoms with van der Waals surface area (Å²) in [6, 6.07) is 25.7. The number of methoxy groups -OCH3 is 2. The summed E-state index contributed by atoms with van der Waals surface area (Å²) in [6.07, 6.45) is 3.92. The van der Waals surface area contributed by atoms with Crippen LogP contribution in [0.4, 0.5) is 11.9 Å². The van der Waals surface area contributed by atoms with Gasteiger partial charge in [-0.15, -0.1) is 5.10 Å². The molecule has 8 nitrogen and oxygen atoms in total. The number of rotatable bonds is 7. The lowest BCUT2D eigenvalue weighted by atomic mass is 9.93. The quantitative estimate of drug-likeness (QED) is 0.357. The summed E-state index contributed by atoms with van der Waals surface area (Å²) in [6.45, 7) is 0. The van der Waals surface area contributed by atoms with Gasteiger partial charge in [0.25, 0.3) is 11.9 Å². The molecule has 8 heteroatoms. The summed E-state index contributed by atoms with van der Waals surface area (Å²) >= 11 is 0. The van der Waals surface area contributed by atoms with Gasteiger partial charge in [-0.25, -0.2) is 4.68 Å². The number of fused-ring (bicyclic) bond motifs is 1. The number of aromatic nitrogens is 3. The molecular weight excluding hydrogens is 454 g/mol. The van der Waals surface area contributed by atoms with Gasteiger partial charge >= 0.3 is 0 Å². The normalized spacial score (nSPS) is 16.7. The molecule has 182 valence electrons.